The average Bonchev–Trinajstić information content (AvgIpc) is 3.51. The second kappa shape index (κ2) is 39.5. The highest BCUT2D eigenvalue weighted by Crippen LogP contribution is 2.24. The minimum absolute atomic E-state index is 0.637. The Hall–Kier alpha value is -0.660. The third-order valence-corrected chi connectivity index (χ3v) is 11.8. The van der Waals surface area contributed by atoms with Crippen molar-refractivity contribution in [2.45, 2.75) is 284 Å². The van der Waals surface area contributed by atoms with Gasteiger partial charge in [0.05, 0.1) is 0 Å². The zero-order valence-electron chi connectivity index (χ0n) is 35.3. The summed E-state index contributed by atoms with van der Waals surface area (Å²) in [5, 5.41) is 0. The second-order valence-corrected chi connectivity index (χ2v) is 16.8. The van der Waals surface area contributed by atoms with Gasteiger partial charge in [0.1, 0.15) is 6.17 Å². The summed E-state index contributed by atoms with van der Waals surface area (Å²) in [7, 11) is 0. The van der Waals surface area contributed by atoms with Gasteiger partial charge in [-0.15, -0.1) is 0 Å². The molecular weight excluding hydrogens is 605 g/mol. The van der Waals surface area contributed by atoms with Gasteiger partial charge in [-0.1, -0.05) is 252 Å². The van der Waals surface area contributed by atoms with E-state index >= 15 is 0 Å². The molecule has 0 aromatic heterocycles. The average molecular weight is 701 g/mol. The monoisotopic (exact) mass is 701 g/mol. The predicted molar refractivity (Wildman–Crippen MR) is 228 cm³/mol. The van der Waals surface area contributed by atoms with Crippen LogP contribution in [-0.2, 0) is 0 Å². The summed E-state index contributed by atoms with van der Waals surface area (Å²) in [5.74, 6) is 0. The molecule has 1 rings (SSSR count). The zero-order chi connectivity index (χ0) is 35.8. The first-order valence-electron chi connectivity index (χ1n) is 24.0. The standard InChI is InChI=1S/C48H96N2/c1-4-7-10-13-16-18-20-22-24-26-28-30-32-34-36-39-42-45-50-47-46-49(44-41-38-15-12-9-6-3)48(50)43-40-37-35-33-31-29-27-25-23-21-19-17-14-11-8-5-2/h46-48H,4-45H2,1-3H3. The van der Waals surface area contributed by atoms with Gasteiger partial charge < -0.3 is 9.80 Å². The second-order valence-electron chi connectivity index (χ2n) is 16.8. The van der Waals surface area contributed by atoms with Crippen LogP contribution in [0.15, 0.2) is 12.4 Å². The maximum Gasteiger partial charge on any atom is 0.101 e. The van der Waals surface area contributed by atoms with Crippen molar-refractivity contribution in [3.63, 3.8) is 0 Å². The molecule has 1 atom stereocenters. The van der Waals surface area contributed by atoms with Crippen molar-refractivity contribution < 1.29 is 0 Å². The summed E-state index contributed by atoms with van der Waals surface area (Å²) in [5.41, 5.74) is 0. The Labute approximate surface area is 318 Å². The first-order chi connectivity index (χ1) is 24.8. The van der Waals surface area contributed by atoms with Crippen LogP contribution in [0.3, 0.4) is 0 Å². The quantitative estimate of drug-likeness (QED) is 0.0585. The van der Waals surface area contributed by atoms with E-state index in [9.17, 15) is 0 Å². The molecule has 1 aliphatic heterocycles. The molecule has 0 saturated heterocycles. The molecule has 0 N–H and O–H groups in total. The van der Waals surface area contributed by atoms with Crippen molar-refractivity contribution in [3.05, 3.63) is 12.4 Å². The highest BCUT2D eigenvalue weighted by Gasteiger charge is 2.24. The van der Waals surface area contributed by atoms with Gasteiger partial charge in [-0.25, -0.2) is 0 Å². The molecule has 0 aromatic carbocycles. The van der Waals surface area contributed by atoms with Gasteiger partial charge in [0.2, 0.25) is 0 Å². The Morgan fingerprint density at radius 3 is 0.700 bits per heavy atom. The summed E-state index contributed by atoms with van der Waals surface area (Å²) in [4.78, 5) is 5.45. The zero-order valence-corrected chi connectivity index (χ0v) is 35.3. The van der Waals surface area contributed by atoms with Gasteiger partial charge in [-0.2, -0.15) is 0 Å². The van der Waals surface area contributed by atoms with Crippen molar-refractivity contribution in [2.75, 3.05) is 13.1 Å². The third-order valence-electron chi connectivity index (χ3n) is 11.8. The Kier molecular flexibility index (Phi) is 37.5. The van der Waals surface area contributed by atoms with Crippen LogP contribution in [0, 0.1) is 0 Å². The first-order valence-corrected chi connectivity index (χ1v) is 24.0. The lowest BCUT2D eigenvalue weighted by molar-refractivity contribution is 0.135. The van der Waals surface area contributed by atoms with Crippen LogP contribution >= 0.6 is 0 Å². The highest BCUT2D eigenvalue weighted by molar-refractivity contribution is 4.97. The molecule has 1 unspecified atom stereocenters. The van der Waals surface area contributed by atoms with Gasteiger partial charge >= 0.3 is 0 Å². The van der Waals surface area contributed by atoms with Gasteiger partial charge in [0.15, 0.2) is 0 Å². The summed E-state index contributed by atoms with van der Waals surface area (Å²) in [6.45, 7) is 9.49. The van der Waals surface area contributed by atoms with E-state index in [4.69, 9.17) is 0 Å². The van der Waals surface area contributed by atoms with Crippen LogP contribution in [0.4, 0.5) is 0 Å². The molecule has 2 heteroatoms. The maximum atomic E-state index is 2.73. The van der Waals surface area contributed by atoms with Crippen molar-refractivity contribution in [1.82, 2.24) is 9.80 Å². The summed E-state index contributed by atoms with van der Waals surface area (Å²) in [6.07, 6.45) is 63.4. The molecule has 1 heterocycles. The van der Waals surface area contributed by atoms with Gasteiger partial charge in [-0.05, 0) is 25.7 Å². The topological polar surface area (TPSA) is 6.48 Å². The smallest absolute Gasteiger partial charge is 0.101 e. The molecule has 0 aliphatic carbocycles. The van der Waals surface area contributed by atoms with Crippen LogP contribution in [0.1, 0.15) is 278 Å². The Morgan fingerprint density at radius 2 is 0.460 bits per heavy atom. The van der Waals surface area contributed by atoms with Crippen molar-refractivity contribution in [3.8, 4) is 0 Å². The van der Waals surface area contributed by atoms with Crippen molar-refractivity contribution >= 4 is 0 Å². The SMILES string of the molecule is CCCCCCCCCCCCCCCCCCCN1C=CN(CCCCCCCC)C1CCCCCCCCCCCCCCCCCC. The molecule has 0 spiro atoms. The molecule has 0 bridgehead atoms. The fourth-order valence-corrected chi connectivity index (χ4v) is 8.31. The third kappa shape index (κ3) is 30.9. The minimum Gasteiger partial charge on any atom is -0.356 e. The summed E-state index contributed by atoms with van der Waals surface area (Å²) >= 11 is 0. The summed E-state index contributed by atoms with van der Waals surface area (Å²) < 4.78 is 0. The van der Waals surface area contributed by atoms with E-state index in [1.165, 1.54) is 270 Å². The molecule has 1 aliphatic rings. The molecule has 50 heavy (non-hydrogen) atoms. The molecular formula is C48H96N2. The summed E-state index contributed by atoms with van der Waals surface area (Å²) in [6, 6.07) is 0. The lowest BCUT2D eigenvalue weighted by atomic mass is 10.0. The molecule has 2 nitrogen and oxygen atoms in total. The predicted octanol–water partition coefficient (Wildman–Crippen LogP) is 17.1. The normalized spacial score (nSPS) is 14.5. The molecule has 0 aromatic rings. The minimum atomic E-state index is 0.637. The van der Waals surface area contributed by atoms with Crippen molar-refractivity contribution in [2.24, 2.45) is 0 Å². The number of hydrogen-bond donors (Lipinski definition) is 0. The molecule has 0 amide bonds. The fraction of sp³-hybridized carbons (Fsp3) is 0.958. The van der Waals surface area contributed by atoms with E-state index in [0.717, 1.165) is 0 Å². The first kappa shape index (κ1) is 47.4. The fourth-order valence-electron chi connectivity index (χ4n) is 8.31. The molecule has 0 saturated carbocycles. The van der Waals surface area contributed by atoms with Crippen LogP contribution in [0.5, 0.6) is 0 Å². The number of unbranched alkanes of at least 4 members (excludes halogenated alkanes) is 36. The highest BCUT2D eigenvalue weighted by atomic mass is 15.4. The Morgan fingerprint density at radius 1 is 0.260 bits per heavy atom. The van der Waals surface area contributed by atoms with Crippen LogP contribution in [0.25, 0.3) is 0 Å². The maximum absolute atomic E-state index is 2.73. The van der Waals surface area contributed by atoms with Gasteiger partial charge in [-0.3, -0.25) is 0 Å². The van der Waals surface area contributed by atoms with Crippen LogP contribution in [0.2, 0.25) is 0 Å². The largest absolute Gasteiger partial charge is 0.356 e. The van der Waals surface area contributed by atoms with E-state index < -0.39 is 0 Å². The molecule has 0 fully saturated rings. The Balaban J connectivity index is 2.10. The number of nitrogens with zero attached hydrogens (tertiary/aromatic N) is 2. The van der Waals surface area contributed by atoms with E-state index in [0.29, 0.717) is 6.17 Å². The van der Waals surface area contributed by atoms with E-state index in [1.54, 1.807) is 0 Å². The van der Waals surface area contributed by atoms with E-state index in [1.807, 2.05) is 0 Å². The molecule has 0 radical (unpaired) electrons. The van der Waals surface area contributed by atoms with Gasteiger partial charge in [0, 0.05) is 25.5 Å². The lowest BCUT2D eigenvalue weighted by Crippen LogP contribution is -2.39. The van der Waals surface area contributed by atoms with Crippen molar-refractivity contribution in [1.29, 1.82) is 0 Å². The van der Waals surface area contributed by atoms with E-state index in [2.05, 4.69) is 43.0 Å². The van der Waals surface area contributed by atoms with E-state index in [-0.39, 0.29) is 0 Å². The number of hydrogen-bond acceptors (Lipinski definition) is 2. The Bertz CT molecular complexity index is 659. The van der Waals surface area contributed by atoms with Gasteiger partial charge in [0.25, 0.3) is 0 Å². The van der Waals surface area contributed by atoms with Crippen LogP contribution in [-0.4, -0.2) is 29.1 Å². The number of rotatable bonds is 42. The van der Waals surface area contributed by atoms with Crippen LogP contribution < -0.4 is 0 Å². The molecule has 298 valence electrons. The lowest BCUT2D eigenvalue weighted by Gasteiger charge is -2.33.